The van der Waals surface area contributed by atoms with Gasteiger partial charge in [0.2, 0.25) is 0 Å². The number of hydrogen-bond donors (Lipinski definition) is 2. The average molecular weight is 245 g/mol. The molecule has 0 amide bonds. The normalized spacial score (nSPS) is 10.9. The smallest absolute Gasteiger partial charge is 0.340 e. The molecule has 0 unspecified atom stereocenters. The lowest BCUT2D eigenvalue weighted by Gasteiger charge is -2.01. The van der Waals surface area contributed by atoms with Crippen molar-refractivity contribution in [3.8, 4) is 0 Å². The highest BCUT2D eigenvalue weighted by Crippen LogP contribution is 2.30. The molecule has 1 N–H and O–H groups in total. The Morgan fingerprint density at radius 3 is 2.93 bits per heavy atom. The summed E-state index contributed by atoms with van der Waals surface area (Å²) in [6.45, 7) is 3.87. The van der Waals surface area contributed by atoms with E-state index < -0.39 is 5.97 Å². The minimum atomic E-state index is -0.395. The van der Waals surface area contributed by atoms with Crippen LogP contribution in [0.4, 0.5) is 0 Å². The zero-order valence-electron chi connectivity index (χ0n) is 8.35. The van der Waals surface area contributed by atoms with Crippen LogP contribution in [-0.4, -0.2) is 24.0 Å². The first-order chi connectivity index (χ1) is 7.11. The predicted molar refractivity (Wildman–Crippen MR) is 61.6 cm³/mol. The molecule has 0 radical (unpaired) electrons. The van der Waals surface area contributed by atoms with E-state index >= 15 is 0 Å². The predicted octanol–water partition coefficient (Wildman–Crippen LogP) is 2.33. The van der Waals surface area contributed by atoms with Crippen molar-refractivity contribution in [1.29, 1.82) is 0 Å². The molecule has 15 heavy (non-hydrogen) atoms. The number of oxime groups is 1. The summed E-state index contributed by atoms with van der Waals surface area (Å²) in [4.78, 5) is 13.5. The molecule has 6 heteroatoms. The van der Waals surface area contributed by atoms with Crippen LogP contribution in [0.3, 0.4) is 0 Å². The number of thiophene rings is 1. The van der Waals surface area contributed by atoms with Crippen molar-refractivity contribution in [2.45, 2.75) is 18.7 Å². The van der Waals surface area contributed by atoms with Crippen LogP contribution in [-0.2, 0) is 4.74 Å². The fourth-order valence-electron chi connectivity index (χ4n) is 1.14. The summed E-state index contributed by atoms with van der Waals surface area (Å²) in [7, 11) is 0. The molecule has 1 rings (SSSR count). The molecule has 0 fully saturated rings. The average Bonchev–Trinajstić information content (AvgIpc) is 2.43. The van der Waals surface area contributed by atoms with Gasteiger partial charge in [0.15, 0.2) is 0 Å². The van der Waals surface area contributed by atoms with Gasteiger partial charge in [-0.25, -0.2) is 4.79 Å². The fourth-order valence-corrected chi connectivity index (χ4v) is 2.58. The van der Waals surface area contributed by atoms with Crippen LogP contribution in [0.2, 0.25) is 0 Å². The molecule has 0 aromatic carbocycles. The van der Waals surface area contributed by atoms with Crippen LogP contribution in [0.5, 0.6) is 0 Å². The van der Waals surface area contributed by atoms with Crippen LogP contribution < -0.4 is 0 Å². The standard InChI is InChI=1S/C9H11NO3S2/c1-3-13-9(11)7-5(2)15-6(4-10-12)8(7)14/h4,12,14H,3H2,1-2H3/b10-4+. The van der Waals surface area contributed by atoms with Crippen molar-refractivity contribution in [2.75, 3.05) is 6.61 Å². The highest BCUT2D eigenvalue weighted by atomic mass is 32.1. The van der Waals surface area contributed by atoms with Gasteiger partial charge in [0.05, 0.1) is 23.3 Å². The highest BCUT2D eigenvalue weighted by molar-refractivity contribution is 7.80. The molecular weight excluding hydrogens is 234 g/mol. The molecule has 0 aliphatic carbocycles. The maximum absolute atomic E-state index is 11.5. The summed E-state index contributed by atoms with van der Waals surface area (Å²) in [5.41, 5.74) is 0.445. The summed E-state index contributed by atoms with van der Waals surface area (Å²) in [5.74, 6) is -0.395. The number of nitrogens with zero attached hydrogens (tertiary/aromatic N) is 1. The summed E-state index contributed by atoms with van der Waals surface area (Å²) < 4.78 is 4.89. The first kappa shape index (κ1) is 12.1. The Morgan fingerprint density at radius 1 is 1.73 bits per heavy atom. The number of thiol groups is 1. The maximum Gasteiger partial charge on any atom is 0.340 e. The number of ether oxygens (including phenoxy) is 1. The Balaban J connectivity index is 3.13. The number of carbonyl (C=O) groups excluding carboxylic acids is 1. The van der Waals surface area contributed by atoms with Crippen molar-refractivity contribution < 1.29 is 14.7 Å². The minimum Gasteiger partial charge on any atom is -0.462 e. The second-order valence-corrected chi connectivity index (χ2v) is 4.41. The van der Waals surface area contributed by atoms with E-state index in [1.54, 1.807) is 13.8 Å². The Morgan fingerprint density at radius 2 is 2.40 bits per heavy atom. The van der Waals surface area contributed by atoms with Gasteiger partial charge in [0.25, 0.3) is 0 Å². The second kappa shape index (κ2) is 5.18. The number of hydrogen-bond acceptors (Lipinski definition) is 6. The molecule has 1 aromatic rings. The first-order valence-corrected chi connectivity index (χ1v) is 5.55. The van der Waals surface area contributed by atoms with E-state index in [4.69, 9.17) is 9.94 Å². The zero-order chi connectivity index (χ0) is 11.4. The number of rotatable bonds is 3. The number of esters is 1. The molecule has 0 aliphatic rings. The van der Waals surface area contributed by atoms with Crippen LogP contribution in [0.15, 0.2) is 10.1 Å². The molecular formula is C9H11NO3S2. The lowest BCUT2D eigenvalue weighted by atomic mass is 10.2. The van der Waals surface area contributed by atoms with Gasteiger partial charge in [0.1, 0.15) is 0 Å². The molecule has 4 nitrogen and oxygen atoms in total. The second-order valence-electron chi connectivity index (χ2n) is 2.71. The van der Waals surface area contributed by atoms with Gasteiger partial charge in [0, 0.05) is 9.77 Å². The zero-order valence-corrected chi connectivity index (χ0v) is 10.1. The largest absolute Gasteiger partial charge is 0.462 e. The summed E-state index contributed by atoms with van der Waals surface area (Å²) in [6, 6.07) is 0. The quantitative estimate of drug-likeness (QED) is 0.282. The van der Waals surface area contributed by atoms with E-state index in [0.717, 1.165) is 4.88 Å². The molecule has 0 bridgehead atoms. The van der Waals surface area contributed by atoms with Crippen molar-refractivity contribution in [2.24, 2.45) is 5.16 Å². The Kier molecular flexibility index (Phi) is 4.16. The molecule has 0 saturated heterocycles. The van der Waals surface area contributed by atoms with Crippen LogP contribution in [0.1, 0.15) is 27.0 Å². The van der Waals surface area contributed by atoms with Gasteiger partial charge < -0.3 is 9.94 Å². The summed E-state index contributed by atoms with van der Waals surface area (Å²) in [5, 5.41) is 11.3. The highest BCUT2D eigenvalue weighted by Gasteiger charge is 2.19. The van der Waals surface area contributed by atoms with Gasteiger partial charge in [-0.05, 0) is 13.8 Å². The third-order valence-corrected chi connectivity index (χ3v) is 3.40. The Labute approximate surface area is 97.0 Å². The van der Waals surface area contributed by atoms with Crippen LogP contribution in [0.25, 0.3) is 0 Å². The van der Waals surface area contributed by atoms with Crippen LogP contribution >= 0.6 is 24.0 Å². The van der Waals surface area contributed by atoms with E-state index in [0.29, 0.717) is 21.9 Å². The third kappa shape index (κ3) is 2.51. The van der Waals surface area contributed by atoms with Crippen molar-refractivity contribution in [1.82, 2.24) is 0 Å². The number of aryl methyl sites for hydroxylation is 1. The van der Waals surface area contributed by atoms with E-state index in [1.165, 1.54) is 17.6 Å². The van der Waals surface area contributed by atoms with Crippen LogP contribution in [0, 0.1) is 6.92 Å². The topological polar surface area (TPSA) is 58.9 Å². The third-order valence-electron chi connectivity index (χ3n) is 1.74. The lowest BCUT2D eigenvalue weighted by Crippen LogP contribution is -2.05. The van der Waals surface area contributed by atoms with Gasteiger partial charge in [-0.1, -0.05) is 5.16 Å². The fraction of sp³-hybridized carbons (Fsp3) is 0.333. The number of carbonyl (C=O) groups is 1. The maximum atomic E-state index is 11.5. The Bertz CT molecular complexity index is 398. The first-order valence-electron chi connectivity index (χ1n) is 4.28. The molecule has 0 atom stereocenters. The van der Waals surface area contributed by atoms with Gasteiger partial charge in [-0.15, -0.1) is 24.0 Å². The van der Waals surface area contributed by atoms with Crippen molar-refractivity contribution >= 4 is 36.1 Å². The van der Waals surface area contributed by atoms with Crippen molar-refractivity contribution in [3.05, 3.63) is 15.3 Å². The molecule has 0 saturated carbocycles. The monoisotopic (exact) mass is 245 g/mol. The molecule has 0 aliphatic heterocycles. The summed E-state index contributed by atoms with van der Waals surface area (Å²) >= 11 is 5.54. The van der Waals surface area contributed by atoms with E-state index in [9.17, 15) is 4.79 Å². The van der Waals surface area contributed by atoms with Crippen molar-refractivity contribution in [3.63, 3.8) is 0 Å². The lowest BCUT2D eigenvalue weighted by molar-refractivity contribution is 0.0522. The van der Waals surface area contributed by atoms with E-state index in [1.807, 2.05) is 0 Å². The SMILES string of the molecule is CCOC(=O)c1c(C)sc(/C=N/O)c1S. The van der Waals surface area contributed by atoms with E-state index in [2.05, 4.69) is 17.8 Å². The van der Waals surface area contributed by atoms with Gasteiger partial charge in [-0.3, -0.25) is 0 Å². The molecule has 1 aromatic heterocycles. The van der Waals surface area contributed by atoms with Gasteiger partial charge in [-0.2, -0.15) is 0 Å². The van der Waals surface area contributed by atoms with E-state index in [-0.39, 0.29) is 0 Å². The molecule has 1 heterocycles. The molecule has 82 valence electrons. The van der Waals surface area contributed by atoms with Gasteiger partial charge >= 0.3 is 5.97 Å². The Hall–Kier alpha value is -1.01. The summed E-state index contributed by atoms with van der Waals surface area (Å²) in [6.07, 6.45) is 1.25. The molecule has 0 spiro atoms. The minimum absolute atomic E-state index is 0.324.